The fourth-order valence-electron chi connectivity index (χ4n) is 3.74. The number of piperidine rings is 1. The largest absolute Gasteiger partial charge is 0.444 e. The Labute approximate surface area is 191 Å². The van der Waals surface area contributed by atoms with Crippen molar-refractivity contribution in [3.8, 4) is 0 Å². The lowest BCUT2D eigenvalue weighted by atomic mass is 9.94. The van der Waals surface area contributed by atoms with Crippen molar-refractivity contribution in [1.29, 1.82) is 0 Å². The third-order valence-electron chi connectivity index (χ3n) is 5.24. The molecule has 4 rings (SSSR count). The highest BCUT2D eigenvalue weighted by Gasteiger charge is 2.29. The second-order valence-corrected chi connectivity index (χ2v) is 9.25. The van der Waals surface area contributed by atoms with Crippen molar-refractivity contribution < 1.29 is 13.9 Å². The number of nitrogens with one attached hydrogen (secondary N) is 1. The third kappa shape index (κ3) is 4.91. The van der Waals surface area contributed by atoms with Crippen molar-refractivity contribution in [3.63, 3.8) is 0 Å². The van der Waals surface area contributed by atoms with Crippen molar-refractivity contribution in [3.05, 3.63) is 53.3 Å². The van der Waals surface area contributed by atoms with Gasteiger partial charge in [-0.1, -0.05) is 17.7 Å². The monoisotopic (exact) mass is 457 g/mol. The molecule has 168 valence electrons. The number of benzene rings is 1. The number of amides is 1. The summed E-state index contributed by atoms with van der Waals surface area (Å²) in [5, 5.41) is 3.76. The molecule has 7 nitrogen and oxygen atoms in total. The van der Waals surface area contributed by atoms with Crippen LogP contribution in [0.15, 0.2) is 36.8 Å². The molecule has 32 heavy (non-hydrogen) atoms. The summed E-state index contributed by atoms with van der Waals surface area (Å²) in [6.07, 6.45) is 4.52. The van der Waals surface area contributed by atoms with E-state index in [1.165, 1.54) is 12.4 Å². The molecular weight excluding hydrogens is 433 g/mol. The Morgan fingerprint density at radius 2 is 2.09 bits per heavy atom. The van der Waals surface area contributed by atoms with E-state index in [0.29, 0.717) is 29.8 Å². The summed E-state index contributed by atoms with van der Waals surface area (Å²) in [5.74, 6) is -0.0354. The van der Waals surface area contributed by atoms with E-state index in [0.717, 1.165) is 18.5 Å². The van der Waals surface area contributed by atoms with Gasteiger partial charge in [0.2, 0.25) is 0 Å². The molecule has 1 aromatic carbocycles. The number of pyridine rings is 1. The fraction of sp³-hybridized carbons (Fsp3) is 0.391. The van der Waals surface area contributed by atoms with Gasteiger partial charge in [-0.15, -0.1) is 0 Å². The van der Waals surface area contributed by atoms with Crippen LogP contribution in [-0.4, -0.2) is 44.6 Å². The topological polar surface area (TPSA) is 80.2 Å². The molecule has 2 aromatic heterocycles. The molecule has 0 radical (unpaired) electrons. The van der Waals surface area contributed by atoms with E-state index in [1.807, 2.05) is 26.8 Å². The minimum atomic E-state index is -0.546. The number of nitrogens with zero attached hydrogens (tertiary/aromatic N) is 4. The van der Waals surface area contributed by atoms with Crippen molar-refractivity contribution in [2.45, 2.75) is 45.1 Å². The molecule has 0 spiro atoms. The highest BCUT2D eigenvalue weighted by atomic mass is 35.5. The zero-order chi connectivity index (χ0) is 22.9. The fourth-order valence-corrected chi connectivity index (χ4v) is 3.91. The molecule has 1 N–H and O–H groups in total. The third-order valence-corrected chi connectivity index (χ3v) is 5.53. The van der Waals surface area contributed by atoms with E-state index in [4.69, 9.17) is 16.3 Å². The Morgan fingerprint density at radius 1 is 1.28 bits per heavy atom. The first-order chi connectivity index (χ1) is 15.2. The smallest absolute Gasteiger partial charge is 0.410 e. The van der Waals surface area contributed by atoms with Gasteiger partial charge in [0.25, 0.3) is 0 Å². The van der Waals surface area contributed by atoms with Crippen molar-refractivity contribution in [1.82, 2.24) is 19.9 Å². The Morgan fingerprint density at radius 3 is 2.88 bits per heavy atom. The molecule has 1 aliphatic heterocycles. The highest BCUT2D eigenvalue weighted by molar-refractivity contribution is 6.31. The van der Waals surface area contributed by atoms with Crippen LogP contribution >= 0.6 is 11.6 Å². The summed E-state index contributed by atoms with van der Waals surface area (Å²) in [6.45, 7) is 6.74. The maximum absolute atomic E-state index is 14.4. The van der Waals surface area contributed by atoms with Gasteiger partial charge in [-0.2, -0.15) is 0 Å². The molecule has 3 heterocycles. The molecule has 1 fully saturated rings. The summed E-state index contributed by atoms with van der Waals surface area (Å²) >= 11 is 5.90. The van der Waals surface area contributed by atoms with Crippen LogP contribution in [-0.2, 0) is 4.74 Å². The predicted molar refractivity (Wildman–Crippen MR) is 122 cm³/mol. The number of carbonyl (C=O) groups is 1. The molecule has 3 aromatic rings. The van der Waals surface area contributed by atoms with Gasteiger partial charge in [0.05, 0.1) is 22.4 Å². The van der Waals surface area contributed by atoms with E-state index < -0.39 is 11.4 Å². The summed E-state index contributed by atoms with van der Waals surface area (Å²) in [7, 11) is 0. The maximum Gasteiger partial charge on any atom is 0.410 e. The van der Waals surface area contributed by atoms with Crippen molar-refractivity contribution >= 4 is 40.1 Å². The number of carbonyl (C=O) groups excluding carboxylic acids is 1. The zero-order valence-electron chi connectivity index (χ0n) is 18.2. The lowest BCUT2D eigenvalue weighted by molar-refractivity contribution is 0.0197. The normalized spacial score (nSPS) is 16.8. The van der Waals surface area contributed by atoms with E-state index in [1.54, 1.807) is 23.2 Å². The number of rotatable bonds is 3. The first-order valence-electron chi connectivity index (χ1n) is 10.5. The first-order valence-corrected chi connectivity index (χ1v) is 10.9. The van der Waals surface area contributed by atoms with Crippen LogP contribution in [0.5, 0.6) is 0 Å². The van der Waals surface area contributed by atoms with Gasteiger partial charge in [-0.25, -0.2) is 19.2 Å². The average molecular weight is 458 g/mol. The van der Waals surface area contributed by atoms with E-state index in [-0.39, 0.29) is 22.7 Å². The van der Waals surface area contributed by atoms with Gasteiger partial charge < -0.3 is 15.0 Å². The van der Waals surface area contributed by atoms with Gasteiger partial charge in [0.1, 0.15) is 17.7 Å². The molecule has 9 heteroatoms. The minimum absolute atomic E-state index is 0.0279. The van der Waals surface area contributed by atoms with Crippen LogP contribution in [0.25, 0.3) is 10.9 Å². The number of aromatic nitrogens is 3. The second kappa shape index (κ2) is 8.86. The van der Waals surface area contributed by atoms with E-state index in [2.05, 4.69) is 20.3 Å². The van der Waals surface area contributed by atoms with E-state index in [9.17, 15) is 9.18 Å². The van der Waals surface area contributed by atoms with Crippen LogP contribution in [0.2, 0.25) is 5.02 Å². The number of anilines is 2. The van der Waals surface area contributed by atoms with Crippen LogP contribution < -0.4 is 5.32 Å². The Bertz CT molecular complexity index is 1150. The Hall–Kier alpha value is -3.00. The molecule has 0 saturated carbocycles. The molecule has 0 bridgehead atoms. The Balaban J connectivity index is 1.61. The van der Waals surface area contributed by atoms with Crippen molar-refractivity contribution in [2.75, 3.05) is 18.4 Å². The van der Waals surface area contributed by atoms with Gasteiger partial charge in [-0.05, 0) is 51.8 Å². The van der Waals surface area contributed by atoms with Crippen LogP contribution in [0.3, 0.4) is 0 Å². The van der Waals surface area contributed by atoms with E-state index >= 15 is 0 Å². The lowest BCUT2D eigenvalue weighted by Gasteiger charge is -2.34. The molecule has 1 saturated heterocycles. The average Bonchev–Trinajstić information content (AvgIpc) is 2.76. The number of hydrogen-bond donors (Lipinski definition) is 1. The summed E-state index contributed by atoms with van der Waals surface area (Å²) in [6, 6.07) is 6.65. The summed E-state index contributed by atoms with van der Waals surface area (Å²) in [5.41, 5.74) is 1.15. The van der Waals surface area contributed by atoms with Crippen molar-refractivity contribution in [2.24, 2.45) is 0 Å². The number of halogens is 2. The Kier molecular flexibility index (Phi) is 6.15. The SMILES string of the molecule is CC(C)(C)OC(=O)N1CCC[C@@H](c2cc3c(Nc4cccc(Cl)c4F)ncnc3cn2)C1. The van der Waals surface area contributed by atoms with Gasteiger partial charge >= 0.3 is 6.09 Å². The number of fused-ring (bicyclic) bond motifs is 1. The molecule has 1 aliphatic rings. The maximum atomic E-state index is 14.4. The number of hydrogen-bond acceptors (Lipinski definition) is 6. The van der Waals surface area contributed by atoms with Gasteiger partial charge in [-0.3, -0.25) is 4.98 Å². The predicted octanol–water partition coefficient (Wildman–Crippen LogP) is 5.68. The zero-order valence-corrected chi connectivity index (χ0v) is 19.0. The first kappa shape index (κ1) is 22.2. The van der Waals surface area contributed by atoms with Gasteiger partial charge in [0, 0.05) is 30.1 Å². The van der Waals surface area contributed by atoms with Crippen LogP contribution in [0.4, 0.5) is 20.7 Å². The van der Waals surface area contributed by atoms with Crippen LogP contribution in [0.1, 0.15) is 45.2 Å². The number of likely N-dealkylation sites (tertiary alicyclic amines) is 1. The summed E-state index contributed by atoms with van der Waals surface area (Å²) in [4.78, 5) is 27.4. The molecule has 0 unspecified atom stereocenters. The van der Waals surface area contributed by atoms with Gasteiger partial charge in [0.15, 0.2) is 5.82 Å². The standard InChI is InChI=1S/C23H25ClFN5O2/c1-23(2,3)32-22(31)30-9-5-6-14(12-30)18-10-15-19(11-26-18)27-13-28-21(15)29-17-8-4-7-16(24)20(17)25/h4,7-8,10-11,13-14H,5-6,9,12H2,1-3H3,(H,27,28,29)/t14-/m1/s1. The van der Waals surface area contributed by atoms with Crippen LogP contribution in [0, 0.1) is 5.82 Å². The quantitative estimate of drug-likeness (QED) is 0.545. The molecular formula is C23H25ClFN5O2. The number of ether oxygens (including phenoxy) is 1. The molecule has 1 atom stereocenters. The lowest BCUT2D eigenvalue weighted by Crippen LogP contribution is -2.42. The summed E-state index contributed by atoms with van der Waals surface area (Å²) < 4.78 is 19.9. The second-order valence-electron chi connectivity index (χ2n) is 8.84. The molecule has 0 aliphatic carbocycles. The highest BCUT2D eigenvalue weighted by Crippen LogP contribution is 2.31. The minimum Gasteiger partial charge on any atom is -0.444 e. The molecule has 1 amide bonds.